The molecule has 5 aromatic rings. The number of pyridine rings is 1. The number of rotatable bonds is 11. The number of benzene rings is 3. The molecule has 10 rings (SSSR count). The smallest absolute Gasteiger partial charge is 0.297 e. The number of hydrogen-bond donors (Lipinski definition) is 3. The molecule has 1 spiro atoms. The number of nitrogens with zero attached hydrogens (tertiary/aromatic N) is 4. The predicted molar refractivity (Wildman–Crippen MR) is 240 cm³/mol. The van der Waals surface area contributed by atoms with Gasteiger partial charge in [0.1, 0.15) is 35.7 Å². The van der Waals surface area contributed by atoms with Gasteiger partial charge in [-0.2, -0.15) is 0 Å². The maximum atomic E-state index is 14.6. The van der Waals surface area contributed by atoms with Gasteiger partial charge in [0.2, 0.25) is 0 Å². The third-order valence-corrected chi connectivity index (χ3v) is 15.3. The van der Waals surface area contributed by atoms with Gasteiger partial charge in [-0.25, -0.2) is 22.5 Å². The van der Waals surface area contributed by atoms with Crippen LogP contribution in [0.3, 0.4) is 0 Å². The number of fused-ring (bicyclic) bond motifs is 2. The van der Waals surface area contributed by atoms with E-state index in [0.717, 1.165) is 63.1 Å². The molecule has 18 heteroatoms. The highest BCUT2D eigenvalue weighted by Gasteiger charge is 2.50. The maximum Gasteiger partial charge on any atom is 0.297 e. The molecule has 1 saturated carbocycles. The van der Waals surface area contributed by atoms with E-state index in [9.17, 15) is 27.7 Å². The highest BCUT2D eigenvalue weighted by Crippen LogP contribution is 2.54. The molecule has 3 saturated heterocycles. The van der Waals surface area contributed by atoms with Crippen LogP contribution >= 0.6 is 0 Å². The van der Waals surface area contributed by atoms with Crippen molar-refractivity contribution < 1.29 is 41.5 Å². The Morgan fingerprint density at radius 1 is 1.06 bits per heavy atom. The minimum absolute atomic E-state index is 0.00865. The molecule has 0 bridgehead atoms. The number of piperidine rings is 1. The average Bonchev–Trinajstić information content (AvgIpc) is 3.94. The predicted octanol–water partition coefficient (Wildman–Crippen LogP) is 7.82. The van der Waals surface area contributed by atoms with E-state index < -0.39 is 49.4 Å². The van der Waals surface area contributed by atoms with E-state index in [2.05, 4.69) is 67.9 Å². The molecule has 3 aromatic carbocycles. The van der Waals surface area contributed by atoms with E-state index in [0.29, 0.717) is 36.9 Å². The van der Waals surface area contributed by atoms with Crippen LogP contribution in [0.25, 0.3) is 11.0 Å². The summed E-state index contributed by atoms with van der Waals surface area (Å²) in [6.07, 6.45) is 8.85. The van der Waals surface area contributed by atoms with E-state index >= 15 is 0 Å². The van der Waals surface area contributed by atoms with Gasteiger partial charge in [-0.15, -0.1) is 0 Å². The van der Waals surface area contributed by atoms with Gasteiger partial charge in [0, 0.05) is 55.3 Å². The lowest BCUT2D eigenvalue weighted by molar-refractivity contribution is -0.384. The van der Waals surface area contributed by atoms with Crippen molar-refractivity contribution in [1.29, 1.82) is 0 Å². The van der Waals surface area contributed by atoms with Crippen molar-refractivity contribution in [2.24, 2.45) is 5.41 Å². The van der Waals surface area contributed by atoms with Crippen LogP contribution in [-0.2, 0) is 19.5 Å². The normalized spacial score (nSPS) is 22.3. The number of likely N-dealkylation sites (tertiary alicyclic amines) is 1. The molecule has 6 heterocycles. The molecule has 342 valence electrons. The van der Waals surface area contributed by atoms with Crippen molar-refractivity contribution in [2.75, 3.05) is 56.3 Å². The van der Waals surface area contributed by atoms with Crippen LogP contribution in [-0.4, -0.2) is 98.4 Å². The van der Waals surface area contributed by atoms with Crippen molar-refractivity contribution in [3.05, 3.63) is 106 Å². The summed E-state index contributed by atoms with van der Waals surface area (Å²) in [5.41, 5.74) is 3.55. The number of aromatic nitrogens is 2. The van der Waals surface area contributed by atoms with Crippen molar-refractivity contribution in [1.82, 2.24) is 19.6 Å². The zero-order chi connectivity index (χ0) is 45.0. The number of anilines is 2. The monoisotopic (exact) mass is 909 g/mol. The summed E-state index contributed by atoms with van der Waals surface area (Å²) in [5.74, 6) is -1.04. The average molecular weight is 910 g/mol. The van der Waals surface area contributed by atoms with Crippen LogP contribution in [0.2, 0.25) is 0 Å². The maximum absolute atomic E-state index is 14.6. The van der Waals surface area contributed by atoms with Crippen LogP contribution in [0.1, 0.15) is 85.8 Å². The number of nitrogens with one attached hydrogen (secondary N) is 3. The zero-order valence-electron chi connectivity index (χ0n) is 36.3. The summed E-state index contributed by atoms with van der Waals surface area (Å²) in [5, 5.41) is 15.5. The molecule has 5 aliphatic rings. The highest BCUT2D eigenvalue weighted by atomic mass is 32.2. The lowest BCUT2D eigenvalue weighted by atomic mass is 9.59. The molecule has 65 heavy (non-hydrogen) atoms. The first kappa shape index (κ1) is 43.1. The third-order valence-electron chi connectivity index (χ3n) is 14.0. The number of ether oxygens (including phenoxy) is 4. The van der Waals surface area contributed by atoms with Crippen LogP contribution in [0.15, 0.2) is 78.0 Å². The number of halogens is 1. The van der Waals surface area contributed by atoms with Gasteiger partial charge in [0.05, 0.1) is 52.8 Å². The second kappa shape index (κ2) is 17.2. The van der Waals surface area contributed by atoms with Gasteiger partial charge >= 0.3 is 0 Å². The molecular formula is C47H52FN7O9S. The lowest BCUT2D eigenvalue weighted by Crippen LogP contribution is -2.54. The number of nitro groups is 1. The summed E-state index contributed by atoms with van der Waals surface area (Å²) in [7, 11) is -4.72. The van der Waals surface area contributed by atoms with Gasteiger partial charge in [0.15, 0.2) is 11.4 Å². The minimum Gasteiger partial charge on any atom is -0.489 e. The molecular weight excluding hydrogens is 858 g/mol. The van der Waals surface area contributed by atoms with Crippen LogP contribution < -0.4 is 24.4 Å². The molecule has 3 N–H and O–H groups in total. The van der Waals surface area contributed by atoms with Gasteiger partial charge < -0.3 is 34.1 Å². The second-order valence-electron chi connectivity index (χ2n) is 18.3. The lowest BCUT2D eigenvalue weighted by Gasteiger charge is -2.56. The molecule has 1 amide bonds. The highest BCUT2D eigenvalue weighted by molar-refractivity contribution is 7.90. The Morgan fingerprint density at radius 2 is 1.88 bits per heavy atom. The van der Waals surface area contributed by atoms with Gasteiger partial charge in [-0.3, -0.25) is 19.8 Å². The molecule has 2 aromatic heterocycles. The fourth-order valence-electron chi connectivity index (χ4n) is 10.6. The Hall–Kier alpha value is -5.82. The zero-order valence-corrected chi connectivity index (χ0v) is 37.1. The van der Waals surface area contributed by atoms with E-state index in [1.54, 1.807) is 12.1 Å². The van der Waals surface area contributed by atoms with Gasteiger partial charge in [-0.1, -0.05) is 38.1 Å². The van der Waals surface area contributed by atoms with Gasteiger partial charge in [-0.05, 0) is 85.7 Å². The van der Waals surface area contributed by atoms with Crippen LogP contribution in [0.4, 0.5) is 21.5 Å². The number of aromatic amines is 1. The molecule has 4 fully saturated rings. The Kier molecular flexibility index (Phi) is 11.4. The SMILES string of the molecule is CC(C)c1ccccc1[C@@H]1CCCN1C1CC2(CCN(c3ccc(C(=O)NS(=O)(=O)c4cc5c(c([N+](=O)[O-])c4)NC([C@@H]4COCCO4)CO5)c(Oc4cnc5[nH]cc(F)c5c4)c3)CC2)C1. The number of hydrogen-bond acceptors (Lipinski definition) is 13. The molecule has 0 radical (unpaired) electrons. The number of carbonyl (C=O) groups excluding carboxylic acids is 1. The standard InChI is InChI=1S/C47H52FN7O9S/c1-28(2)33-6-3-4-7-34(33)39-8-5-13-54(39)30-22-47(23-30)11-14-53(15-12-47)29-9-10-35(41(18-29)64-31-19-36-37(48)25-50-45(36)49-24-31)46(56)52-65(59,60)32-20-40(55(57)58)44-42(21-32)63-26-38(51-44)43-27-61-16-17-62-43/h3-4,6-7,9-10,18-21,24-25,28,30,38-39,43,51H,5,8,11-17,22-23,26-27H2,1-2H3,(H,49,50)(H,52,56)/t38?,39-,43-/m0/s1. The summed E-state index contributed by atoms with van der Waals surface area (Å²) < 4.78 is 67.8. The topological polar surface area (TPSA) is 190 Å². The number of nitro benzene ring substituents is 1. The van der Waals surface area contributed by atoms with Crippen LogP contribution in [0.5, 0.6) is 17.2 Å². The first-order valence-electron chi connectivity index (χ1n) is 22.4. The second-order valence-corrected chi connectivity index (χ2v) is 20.0. The minimum atomic E-state index is -4.72. The van der Waals surface area contributed by atoms with Crippen molar-refractivity contribution >= 4 is 44.0 Å². The summed E-state index contributed by atoms with van der Waals surface area (Å²) in [4.78, 5) is 37.1. The summed E-state index contributed by atoms with van der Waals surface area (Å²) in [6, 6.07) is 17.8. The fourth-order valence-corrected chi connectivity index (χ4v) is 11.6. The number of sulfonamides is 1. The van der Waals surface area contributed by atoms with Gasteiger partial charge in [0.25, 0.3) is 21.6 Å². The summed E-state index contributed by atoms with van der Waals surface area (Å²) >= 11 is 0. The van der Waals surface area contributed by atoms with Crippen molar-refractivity contribution in [3.63, 3.8) is 0 Å². The first-order chi connectivity index (χ1) is 31.3. The van der Waals surface area contributed by atoms with Crippen LogP contribution in [0, 0.1) is 21.3 Å². The third kappa shape index (κ3) is 8.36. The molecule has 1 aliphatic carbocycles. The molecule has 16 nitrogen and oxygen atoms in total. The summed E-state index contributed by atoms with van der Waals surface area (Å²) in [6.45, 7) is 8.31. The van der Waals surface area contributed by atoms with E-state index in [-0.39, 0.29) is 52.5 Å². The van der Waals surface area contributed by atoms with E-state index in [1.807, 2.05) is 0 Å². The van der Waals surface area contributed by atoms with E-state index in [4.69, 9.17) is 18.9 Å². The molecule has 3 atom stereocenters. The fraction of sp³-hybridized carbons (Fsp3) is 0.447. The van der Waals surface area contributed by atoms with Crippen molar-refractivity contribution in [3.8, 4) is 17.2 Å². The van der Waals surface area contributed by atoms with E-state index in [1.165, 1.54) is 48.5 Å². The molecule has 4 aliphatic heterocycles. The number of H-pyrrole nitrogens is 1. The quantitative estimate of drug-likeness (QED) is 0.0860. The Bertz CT molecular complexity index is 2750. The molecule has 1 unspecified atom stereocenters. The Balaban J connectivity index is 0.869. The number of carbonyl (C=O) groups is 1. The largest absolute Gasteiger partial charge is 0.489 e. The Labute approximate surface area is 376 Å². The van der Waals surface area contributed by atoms with Crippen molar-refractivity contribution in [2.45, 2.75) is 87.4 Å². The first-order valence-corrected chi connectivity index (χ1v) is 23.9. The Morgan fingerprint density at radius 3 is 2.65 bits per heavy atom. The number of amides is 1.